The van der Waals surface area contributed by atoms with E-state index in [4.69, 9.17) is 10.2 Å². The van der Waals surface area contributed by atoms with E-state index in [1.807, 2.05) is 4.80 Å². The van der Waals surface area contributed by atoms with Gasteiger partial charge in [-0.05, 0) is 74.2 Å². The molecule has 32 heavy (non-hydrogen) atoms. The Morgan fingerprint density at radius 2 is 1.47 bits per heavy atom. The van der Waals surface area contributed by atoms with Gasteiger partial charge in [-0.2, -0.15) is 15.0 Å². The number of nitrogens with zero attached hydrogens (tertiary/aromatic N) is 3. The summed E-state index contributed by atoms with van der Waals surface area (Å²) >= 11 is 0. The molecule has 4 heteroatoms. The van der Waals surface area contributed by atoms with E-state index >= 15 is 0 Å². The summed E-state index contributed by atoms with van der Waals surface area (Å²) in [5, 5.41) is 13.8. The van der Waals surface area contributed by atoms with Crippen LogP contribution in [0.15, 0.2) is 60.7 Å². The van der Waals surface area contributed by atoms with E-state index in [0.29, 0.717) is 18.0 Å². The SMILES string of the molecule is C[C@@H](NCc1nn(Cc2ccccc2)nc1-c1ccccc1)C12CC3CC(CC(C3)C1)C2. The Morgan fingerprint density at radius 3 is 2.09 bits per heavy atom. The van der Waals surface area contributed by atoms with Crippen molar-refractivity contribution in [2.45, 2.75) is 64.6 Å². The molecule has 4 aliphatic rings. The molecule has 1 atom stereocenters. The zero-order valence-corrected chi connectivity index (χ0v) is 19.1. The van der Waals surface area contributed by atoms with Crippen LogP contribution in [0.1, 0.15) is 56.7 Å². The van der Waals surface area contributed by atoms with Gasteiger partial charge in [0.1, 0.15) is 11.4 Å². The molecule has 1 N–H and O–H groups in total. The highest BCUT2D eigenvalue weighted by Gasteiger charge is 2.52. The van der Waals surface area contributed by atoms with Crippen molar-refractivity contribution in [2.24, 2.45) is 23.2 Å². The van der Waals surface area contributed by atoms with Gasteiger partial charge in [-0.25, -0.2) is 0 Å². The molecule has 0 saturated heterocycles. The number of hydrogen-bond acceptors (Lipinski definition) is 3. The molecule has 0 spiro atoms. The van der Waals surface area contributed by atoms with E-state index in [1.165, 1.54) is 44.1 Å². The molecular weight excluding hydrogens is 392 g/mol. The van der Waals surface area contributed by atoms with Crippen molar-refractivity contribution < 1.29 is 0 Å². The first-order chi connectivity index (χ1) is 15.7. The maximum absolute atomic E-state index is 4.94. The quantitative estimate of drug-likeness (QED) is 0.528. The minimum absolute atomic E-state index is 0.502. The molecule has 0 aliphatic heterocycles. The van der Waals surface area contributed by atoms with Crippen LogP contribution in [0, 0.1) is 23.2 Å². The minimum atomic E-state index is 0.502. The van der Waals surface area contributed by atoms with Gasteiger partial charge in [0, 0.05) is 18.2 Å². The number of benzene rings is 2. The summed E-state index contributed by atoms with van der Waals surface area (Å²) in [6.07, 6.45) is 8.78. The molecule has 4 nitrogen and oxygen atoms in total. The topological polar surface area (TPSA) is 42.7 Å². The Morgan fingerprint density at radius 1 is 0.875 bits per heavy atom. The van der Waals surface area contributed by atoms with Crippen molar-refractivity contribution >= 4 is 0 Å². The molecule has 1 aromatic heterocycles. The van der Waals surface area contributed by atoms with E-state index in [-0.39, 0.29) is 0 Å². The Balaban J connectivity index is 1.23. The van der Waals surface area contributed by atoms with Crippen LogP contribution in [-0.2, 0) is 13.1 Å². The maximum Gasteiger partial charge on any atom is 0.117 e. The monoisotopic (exact) mass is 426 g/mol. The third kappa shape index (κ3) is 3.79. The van der Waals surface area contributed by atoms with Gasteiger partial charge in [0.2, 0.25) is 0 Å². The largest absolute Gasteiger partial charge is 0.308 e. The third-order valence-electron chi connectivity index (χ3n) is 8.52. The smallest absolute Gasteiger partial charge is 0.117 e. The second kappa shape index (κ2) is 8.15. The van der Waals surface area contributed by atoms with Gasteiger partial charge in [0.25, 0.3) is 0 Å². The van der Waals surface area contributed by atoms with Gasteiger partial charge in [0.15, 0.2) is 0 Å². The second-order valence-corrected chi connectivity index (χ2v) is 10.8. The molecule has 4 bridgehead atoms. The lowest BCUT2D eigenvalue weighted by Crippen LogP contribution is -2.54. The molecule has 4 fully saturated rings. The van der Waals surface area contributed by atoms with Crippen molar-refractivity contribution in [2.75, 3.05) is 0 Å². The molecule has 1 heterocycles. The number of nitrogens with one attached hydrogen (secondary N) is 1. The highest BCUT2D eigenvalue weighted by molar-refractivity contribution is 5.60. The Bertz CT molecular complexity index is 1020. The van der Waals surface area contributed by atoms with Crippen molar-refractivity contribution in [1.29, 1.82) is 0 Å². The van der Waals surface area contributed by atoms with E-state index < -0.39 is 0 Å². The lowest BCUT2D eigenvalue weighted by Gasteiger charge is -2.59. The van der Waals surface area contributed by atoms with Crippen LogP contribution in [-0.4, -0.2) is 21.0 Å². The van der Waals surface area contributed by atoms with Crippen molar-refractivity contribution in [3.63, 3.8) is 0 Å². The number of aromatic nitrogens is 3. The molecule has 3 aromatic rings. The van der Waals surface area contributed by atoms with Crippen molar-refractivity contribution in [3.05, 3.63) is 71.9 Å². The van der Waals surface area contributed by atoms with Crippen molar-refractivity contribution in [1.82, 2.24) is 20.3 Å². The van der Waals surface area contributed by atoms with Gasteiger partial charge in [-0.15, -0.1) is 0 Å². The van der Waals surface area contributed by atoms with Gasteiger partial charge in [-0.3, -0.25) is 0 Å². The summed E-state index contributed by atoms with van der Waals surface area (Å²) in [6.45, 7) is 3.91. The molecule has 4 aliphatic carbocycles. The lowest BCUT2D eigenvalue weighted by atomic mass is 9.48. The van der Waals surface area contributed by atoms with Gasteiger partial charge in [-0.1, -0.05) is 60.7 Å². The molecule has 0 radical (unpaired) electrons. The van der Waals surface area contributed by atoms with Crippen LogP contribution in [0.2, 0.25) is 0 Å². The first-order valence-corrected chi connectivity index (χ1v) is 12.4. The molecule has 2 aromatic carbocycles. The maximum atomic E-state index is 4.94. The average molecular weight is 427 g/mol. The highest BCUT2D eigenvalue weighted by Crippen LogP contribution is 2.61. The standard InChI is InChI=1S/C28H34N4/c1-20(28-15-22-12-23(16-28)14-24(13-22)17-28)29-18-26-27(25-10-6-3-7-11-25)31-32(30-26)19-21-8-4-2-5-9-21/h2-11,20,22-24,29H,12-19H2,1H3/t20-,22?,23?,24?,28?/m1/s1. The van der Waals surface area contributed by atoms with Crippen LogP contribution in [0.3, 0.4) is 0 Å². The molecular formula is C28H34N4. The van der Waals surface area contributed by atoms with E-state index in [9.17, 15) is 0 Å². The van der Waals surface area contributed by atoms with E-state index in [1.54, 1.807) is 0 Å². The van der Waals surface area contributed by atoms with Crippen LogP contribution in [0.5, 0.6) is 0 Å². The summed E-state index contributed by atoms with van der Waals surface area (Å²) < 4.78 is 0. The van der Waals surface area contributed by atoms with E-state index in [0.717, 1.165) is 41.2 Å². The number of hydrogen-bond donors (Lipinski definition) is 1. The zero-order chi connectivity index (χ0) is 21.5. The van der Waals surface area contributed by atoms with Crippen LogP contribution in [0.4, 0.5) is 0 Å². The van der Waals surface area contributed by atoms with Crippen molar-refractivity contribution in [3.8, 4) is 11.3 Å². The summed E-state index contributed by atoms with van der Waals surface area (Å²) in [6, 6.07) is 21.5. The Kier molecular flexibility index (Phi) is 5.14. The summed E-state index contributed by atoms with van der Waals surface area (Å²) in [7, 11) is 0. The van der Waals surface area contributed by atoms with Crippen LogP contribution < -0.4 is 5.32 Å². The zero-order valence-electron chi connectivity index (χ0n) is 19.1. The third-order valence-corrected chi connectivity index (χ3v) is 8.52. The minimum Gasteiger partial charge on any atom is -0.308 e. The molecule has 7 rings (SSSR count). The Hall–Kier alpha value is -2.46. The second-order valence-electron chi connectivity index (χ2n) is 10.8. The van der Waals surface area contributed by atoms with E-state index in [2.05, 4.69) is 72.9 Å². The molecule has 4 saturated carbocycles. The van der Waals surface area contributed by atoms with Gasteiger partial charge >= 0.3 is 0 Å². The summed E-state index contributed by atoms with van der Waals surface area (Å²) in [5.41, 5.74) is 4.94. The lowest BCUT2D eigenvalue weighted by molar-refractivity contribution is -0.0707. The average Bonchev–Trinajstić information content (AvgIpc) is 3.20. The predicted octanol–water partition coefficient (Wildman–Crippen LogP) is 5.69. The first kappa shape index (κ1) is 20.2. The fraction of sp³-hybridized carbons (Fsp3) is 0.500. The predicted molar refractivity (Wildman–Crippen MR) is 128 cm³/mol. The normalized spacial score (nSPS) is 29.3. The van der Waals surface area contributed by atoms with Crippen LogP contribution in [0.25, 0.3) is 11.3 Å². The number of rotatable bonds is 7. The molecule has 0 unspecified atom stereocenters. The Labute approximate surface area is 191 Å². The van der Waals surface area contributed by atoms with Gasteiger partial charge < -0.3 is 5.32 Å². The molecule has 166 valence electrons. The fourth-order valence-electron chi connectivity index (χ4n) is 7.31. The molecule has 0 amide bonds. The van der Waals surface area contributed by atoms with Gasteiger partial charge in [0.05, 0.1) is 6.54 Å². The highest BCUT2D eigenvalue weighted by atomic mass is 15.5. The van der Waals surface area contributed by atoms with Crippen LogP contribution >= 0.6 is 0 Å². The first-order valence-electron chi connectivity index (χ1n) is 12.4. The summed E-state index contributed by atoms with van der Waals surface area (Å²) in [4.78, 5) is 1.87. The summed E-state index contributed by atoms with van der Waals surface area (Å²) in [5.74, 6) is 2.95. The fourth-order valence-corrected chi connectivity index (χ4v) is 7.31.